The van der Waals surface area contributed by atoms with Crippen molar-refractivity contribution in [2.45, 2.75) is 37.2 Å². The first-order valence-corrected chi connectivity index (χ1v) is 6.57. The Bertz CT molecular complexity index is 184. The molecule has 2 atom stereocenters. The average Bonchev–Trinajstić information content (AvgIpc) is 1.91. The Hall–Kier alpha value is 0.440. The molecule has 2 heteroatoms. The Morgan fingerprint density at radius 3 is 2.73 bits per heavy atom. The minimum Gasteiger partial charge on any atom is -0.0856 e. The molecule has 0 spiro atoms. The molecule has 1 aliphatic heterocycles. The molecule has 1 aliphatic carbocycles. The van der Waals surface area contributed by atoms with Crippen LogP contribution in [-0.4, -0.2) is 10.5 Å². The molecule has 11 heavy (non-hydrogen) atoms. The molecule has 1 heterocycles. The van der Waals surface area contributed by atoms with Gasteiger partial charge in [0.1, 0.15) is 0 Å². The summed E-state index contributed by atoms with van der Waals surface area (Å²) in [6.07, 6.45) is 5.32. The predicted molar refractivity (Wildman–Crippen MR) is 54.9 cm³/mol. The fourth-order valence-corrected chi connectivity index (χ4v) is 4.93. The lowest BCUT2D eigenvalue weighted by Gasteiger charge is -2.36. The molecule has 2 rings (SSSR count). The van der Waals surface area contributed by atoms with E-state index in [0.717, 1.165) is 16.4 Å². The molecule has 0 aromatic heterocycles. The summed E-state index contributed by atoms with van der Waals surface area (Å²) in [6.45, 7) is 4.63. The SMILES string of the molecule is CC(C)C1C=C2CCC2SS1. The standard InChI is InChI=1S/C9H14S2/c1-6(2)9-5-7-3-4-8(7)10-11-9/h5-6,8-9H,3-4H2,1-2H3. The molecule has 1 fully saturated rings. The Balaban J connectivity index is 2.05. The zero-order valence-electron chi connectivity index (χ0n) is 7.04. The van der Waals surface area contributed by atoms with Gasteiger partial charge in [-0.2, -0.15) is 0 Å². The Labute approximate surface area is 76.6 Å². The summed E-state index contributed by atoms with van der Waals surface area (Å²) in [5, 5.41) is 1.68. The van der Waals surface area contributed by atoms with E-state index in [-0.39, 0.29) is 0 Å². The normalized spacial score (nSPS) is 36.1. The summed E-state index contributed by atoms with van der Waals surface area (Å²) in [6, 6.07) is 0. The number of hydrogen-bond donors (Lipinski definition) is 0. The zero-order valence-corrected chi connectivity index (χ0v) is 8.67. The van der Waals surface area contributed by atoms with Crippen molar-refractivity contribution in [3.63, 3.8) is 0 Å². The second-order valence-electron chi connectivity index (χ2n) is 3.67. The number of rotatable bonds is 1. The van der Waals surface area contributed by atoms with E-state index in [4.69, 9.17) is 0 Å². The molecule has 0 amide bonds. The zero-order chi connectivity index (χ0) is 7.84. The summed E-state index contributed by atoms with van der Waals surface area (Å²) >= 11 is 0. The predicted octanol–water partition coefficient (Wildman–Crippen LogP) is 3.49. The highest BCUT2D eigenvalue weighted by Crippen LogP contribution is 2.50. The quantitative estimate of drug-likeness (QED) is 0.454. The van der Waals surface area contributed by atoms with Gasteiger partial charge in [0, 0.05) is 10.5 Å². The van der Waals surface area contributed by atoms with Crippen molar-refractivity contribution in [1.29, 1.82) is 0 Å². The summed E-state index contributed by atoms with van der Waals surface area (Å²) < 4.78 is 0. The first-order chi connectivity index (χ1) is 5.27. The molecule has 0 bridgehead atoms. The Morgan fingerprint density at radius 2 is 2.27 bits per heavy atom. The first-order valence-electron chi connectivity index (χ1n) is 4.30. The molecule has 0 aromatic rings. The first kappa shape index (κ1) is 8.06. The summed E-state index contributed by atoms with van der Waals surface area (Å²) in [5.41, 5.74) is 1.73. The van der Waals surface area contributed by atoms with E-state index in [0.29, 0.717) is 0 Å². The van der Waals surface area contributed by atoms with Gasteiger partial charge in [0.15, 0.2) is 0 Å². The van der Waals surface area contributed by atoms with Crippen LogP contribution in [0.15, 0.2) is 11.6 Å². The topological polar surface area (TPSA) is 0 Å². The van der Waals surface area contributed by atoms with Crippen molar-refractivity contribution in [2.75, 3.05) is 0 Å². The van der Waals surface area contributed by atoms with Crippen LogP contribution in [-0.2, 0) is 0 Å². The molecule has 0 radical (unpaired) electrons. The van der Waals surface area contributed by atoms with Crippen LogP contribution in [0.25, 0.3) is 0 Å². The van der Waals surface area contributed by atoms with Crippen molar-refractivity contribution in [2.24, 2.45) is 5.92 Å². The maximum absolute atomic E-state index is 2.51. The van der Waals surface area contributed by atoms with Gasteiger partial charge in [-0.25, -0.2) is 0 Å². The lowest BCUT2D eigenvalue weighted by Crippen LogP contribution is -2.24. The van der Waals surface area contributed by atoms with Crippen LogP contribution in [0.4, 0.5) is 0 Å². The minimum atomic E-state index is 0.784. The van der Waals surface area contributed by atoms with E-state index in [2.05, 4.69) is 41.5 Å². The van der Waals surface area contributed by atoms with Gasteiger partial charge in [-0.3, -0.25) is 0 Å². The lowest BCUT2D eigenvalue weighted by atomic mass is 9.89. The highest BCUT2D eigenvalue weighted by Gasteiger charge is 2.31. The van der Waals surface area contributed by atoms with Crippen molar-refractivity contribution in [1.82, 2.24) is 0 Å². The summed E-state index contributed by atoms with van der Waals surface area (Å²) in [7, 11) is 4.17. The molecule has 1 saturated carbocycles. The molecule has 62 valence electrons. The van der Waals surface area contributed by atoms with Gasteiger partial charge in [-0.05, 0) is 18.8 Å². The fraction of sp³-hybridized carbons (Fsp3) is 0.778. The van der Waals surface area contributed by atoms with E-state index >= 15 is 0 Å². The average molecular weight is 186 g/mol. The monoisotopic (exact) mass is 186 g/mol. The molecule has 2 unspecified atom stereocenters. The van der Waals surface area contributed by atoms with Crippen molar-refractivity contribution in [3.8, 4) is 0 Å². The maximum Gasteiger partial charge on any atom is 0.0364 e. The van der Waals surface area contributed by atoms with Crippen LogP contribution in [0, 0.1) is 5.92 Å². The molecular weight excluding hydrogens is 172 g/mol. The van der Waals surface area contributed by atoms with Crippen molar-refractivity contribution >= 4 is 21.6 Å². The van der Waals surface area contributed by atoms with Crippen molar-refractivity contribution in [3.05, 3.63) is 11.6 Å². The van der Waals surface area contributed by atoms with Gasteiger partial charge in [0.05, 0.1) is 0 Å². The van der Waals surface area contributed by atoms with Gasteiger partial charge in [0.2, 0.25) is 0 Å². The van der Waals surface area contributed by atoms with Gasteiger partial charge >= 0.3 is 0 Å². The minimum absolute atomic E-state index is 0.784. The molecule has 2 aliphatic rings. The Morgan fingerprint density at radius 1 is 1.45 bits per heavy atom. The second-order valence-corrected chi connectivity index (χ2v) is 6.32. The number of hydrogen-bond acceptors (Lipinski definition) is 2. The third kappa shape index (κ3) is 1.48. The lowest BCUT2D eigenvalue weighted by molar-refractivity contribution is 0.635. The third-order valence-electron chi connectivity index (χ3n) is 2.43. The van der Waals surface area contributed by atoms with E-state index in [1.807, 2.05) is 0 Å². The Kier molecular flexibility index (Phi) is 2.24. The van der Waals surface area contributed by atoms with E-state index in [9.17, 15) is 0 Å². The van der Waals surface area contributed by atoms with Crippen LogP contribution < -0.4 is 0 Å². The van der Waals surface area contributed by atoms with E-state index < -0.39 is 0 Å². The largest absolute Gasteiger partial charge is 0.0856 e. The molecule has 0 nitrogen and oxygen atoms in total. The van der Waals surface area contributed by atoms with Crippen LogP contribution >= 0.6 is 21.6 Å². The van der Waals surface area contributed by atoms with Gasteiger partial charge in [-0.15, -0.1) is 0 Å². The summed E-state index contributed by atoms with van der Waals surface area (Å²) in [4.78, 5) is 0. The second kappa shape index (κ2) is 3.06. The van der Waals surface area contributed by atoms with Crippen LogP contribution in [0.1, 0.15) is 26.7 Å². The van der Waals surface area contributed by atoms with Gasteiger partial charge in [0.25, 0.3) is 0 Å². The van der Waals surface area contributed by atoms with E-state index in [1.54, 1.807) is 5.57 Å². The van der Waals surface area contributed by atoms with Gasteiger partial charge in [-0.1, -0.05) is 47.1 Å². The smallest absolute Gasteiger partial charge is 0.0364 e. The highest BCUT2D eigenvalue weighted by atomic mass is 33.1. The van der Waals surface area contributed by atoms with Gasteiger partial charge < -0.3 is 0 Å². The molecule has 0 aromatic carbocycles. The molecule has 0 saturated heterocycles. The van der Waals surface area contributed by atoms with Crippen LogP contribution in [0.5, 0.6) is 0 Å². The summed E-state index contributed by atoms with van der Waals surface area (Å²) in [5.74, 6) is 0.807. The van der Waals surface area contributed by atoms with Crippen LogP contribution in [0.3, 0.4) is 0 Å². The fourth-order valence-electron chi connectivity index (χ4n) is 1.40. The number of fused-ring (bicyclic) bond motifs is 1. The third-order valence-corrected chi connectivity index (χ3v) is 5.91. The van der Waals surface area contributed by atoms with E-state index in [1.165, 1.54) is 12.8 Å². The maximum atomic E-state index is 2.51. The molecular formula is C9H14S2. The highest BCUT2D eigenvalue weighted by molar-refractivity contribution is 8.77. The van der Waals surface area contributed by atoms with Crippen molar-refractivity contribution < 1.29 is 0 Å². The van der Waals surface area contributed by atoms with Crippen LogP contribution in [0.2, 0.25) is 0 Å². The molecule has 0 N–H and O–H groups in total.